The van der Waals surface area contributed by atoms with Crippen LogP contribution in [0.15, 0.2) is 58.3 Å². The third kappa shape index (κ3) is 5.94. The van der Waals surface area contributed by atoms with Crippen molar-refractivity contribution in [1.29, 1.82) is 0 Å². The van der Waals surface area contributed by atoms with E-state index in [0.29, 0.717) is 0 Å². The molecule has 24 heavy (non-hydrogen) atoms. The minimum absolute atomic E-state index is 0.239. The minimum Gasteiger partial charge on any atom is -0.469 e. The summed E-state index contributed by atoms with van der Waals surface area (Å²) in [4.78, 5) is 24.7. The first-order valence-corrected chi connectivity index (χ1v) is 9.41. The van der Waals surface area contributed by atoms with Gasteiger partial charge in [-0.25, -0.2) is 0 Å². The monoisotopic (exact) mass is 362 g/mol. The van der Waals surface area contributed by atoms with Gasteiger partial charge in [0.1, 0.15) is 0 Å². The van der Waals surface area contributed by atoms with Crippen molar-refractivity contribution in [2.45, 2.75) is 22.6 Å². The molecule has 0 aliphatic rings. The Morgan fingerprint density at radius 1 is 0.708 bits per heavy atom. The lowest BCUT2D eigenvalue weighted by Crippen LogP contribution is -2.04. The predicted molar refractivity (Wildman–Crippen MR) is 96.0 cm³/mol. The highest BCUT2D eigenvalue weighted by Gasteiger charge is 2.05. The molecular formula is C18H18O4S2. The van der Waals surface area contributed by atoms with E-state index in [1.54, 1.807) is 21.6 Å². The van der Waals surface area contributed by atoms with Crippen molar-refractivity contribution in [3.05, 3.63) is 59.7 Å². The van der Waals surface area contributed by atoms with Gasteiger partial charge in [-0.2, -0.15) is 0 Å². The smallest absolute Gasteiger partial charge is 0.309 e. The van der Waals surface area contributed by atoms with Crippen LogP contribution in [-0.2, 0) is 31.9 Å². The van der Waals surface area contributed by atoms with Crippen molar-refractivity contribution >= 4 is 33.5 Å². The van der Waals surface area contributed by atoms with E-state index in [2.05, 4.69) is 9.47 Å². The minimum atomic E-state index is -0.239. The molecule has 2 aromatic rings. The van der Waals surface area contributed by atoms with E-state index in [0.717, 1.165) is 20.9 Å². The number of esters is 2. The van der Waals surface area contributed by atoms with Crippen LogP contribution < -0.4 is 0 Å². The highest BCUT2D eigenvalue weighted by atomic mass is 33.1. The summed E-state index contributed by atoms with van der Waals surface area (Å²) in [6, 6.07) is 15.7. The van der Waals surface area contributed by atoms with Gasteiger partial charge in [-0.1, -0.05) is 45.9 Å². The number of carbonyl (C=O) groups excluding carboxylic acids is 2. The zero-order chi connectivity index (χ0) is 17.4. The SMILES string of the molecule is COC(=O)Cc1ccc(SSc2ccc(CC(=O)OC)cc2)cc1. The van der Waals surface area contributed by atoms with Gasteiger partial charge in [0, 0.05) is 9.79 Å². The lowest BCUT2D eigenvalue weighted by atomic mass is 10.2. The number of methoxy groups -OCH3 is 2. The molecule has 0 N–H and O–H groups in total. The molecule has 2 aromatic carbocycles. The van der Waals surface area contributed by atoms with Crippen LogP contribution in [0, 0.1) is 0 Å². The number of hydrogen-bond acceptors (Lipinski definition) is 6. The quantitative estimate of drug-likeness (QED) is 0.550. The first kappa shape index (κ1) is 18.4. The molecule has 0 aromatic heterocycles. The zero-order valence-electron chi connectivity index (χ0n) is 13.5. The molecule has 0 amide bonds. The average molecular weight is 362 g/mol. The Kier molecular flexibility index (Phi) is 7.21. The van der Waals surface area contributed by atoms with E-state index in [1.807, 2.05) is 48.5 Å². The number of benzene rings is 2. The van der Waals surface area contributed by atoms with Crippen molar-refractivity contribution in [3.8, 4) is 0 Å². The summed E-state index contributed by atoms with van der Waals surface area (Å²) >= 11 is 0. The highest BCUT2D eigenvalue weighted by molar-refractivity contribution is 8.76. The van der Waals surface area contributed by atoms with Crippen molar-refractivity contribution in [2.75, 3.05) is 14.2 Å². The van der Waals surface area contributed by atoms with Gasteiger partial charge in [-0.15, -0.1) is 0 Å². The van der Waals surface area contributed by atoms with Crippen molar-refractivity contribution in [2.24, 2.45) is 0 Å². The molecular weight excluding hydrogens is 344 g/mol. The first-order chi connectivity index (χ1) is 11.6. The fraction of sp³-hybridized carbons (Fsp3) is 0.222. The molecule has 0 spiro atoms. The Morgan fingerprint density at radius 3 is 1.33 bits per heavy atom. The van der Waals surface area contributed by atoms with E-state index >= 15 is 0 Å². The van der Waals surface area contributed by atoms with Gasteiger partial charge in [0.25, 0.3) is 0 Å². The van der Waals surface area contributed by atoms with Gasteiger partial charge in [-0.3, -0.25) is 9.59 Å². The van der Waals surface area contributed by atoms with Gasteiger partial charge in [-0.05, 0) is 35.4 Å². The maximum absolute atomic E-state index is 11.2. The standard InChI is InChI=1S/C18H18O4S2/c1-21-17(19)11-13-3-7-15(8-4-13)23-24-16-9-5-14(6-10-16)12-18(20)22-2/h3-10H,11-12H2,1-2H3. The average Bonchev–Trinajstić information content (AvgIpc) is 2.62. The van der Waals surface area contributed by atoms with Gasteiger partial charge in [0.15, 0.2) is 0 Å². The highest BCUT2D eigenvalue weighted by Crippen LogP contribution is 2.37. The Bertz CT molecular complexity index is 620. The number of rotatable bonds is 7. The summed E-state index contributed by atoms with van der Waals surface area (Å²) in [7, 11) is 6.06. The van der Waals surface area contributed by atoms with Gasteiger partial charge < -0.3 is 9.47 Å². The van der Waals surface area contributed by atoms with Crippen LogP contribution in [0.5, 0.6) is 0 Å². The van der Waals surface area contributed by atoms with E-state index in [1.165, 1.54) is 14.2 Å². The van der Waals surface area contributed by atoms with E-state index in [4.69, 9.17) is 0 Å². The second-order valence-corrected chi connectivity index (χ2v) is 7.24. The fourth-order valence-electron chi connectivity index (χ4n) is 1.90. The molecule has 0 heterocycles. The van der Waals surface area contributed by atoms with Crippen molar-refractivity contribution in [1.82, 2.24) is 0 Å². The van der Waals surface area contributed by atoms with Crippen LogP contribution in [0.2, 0.25) is 0 Å². The number of carbonyl (C=O) groups is 2. The molecule has 0 fully saturated rings. The molecule has 0 saturated carbocycles. The molecule has 0 radical (unpaired) electrons. The van der Waals surface area contributed by atoms with Crippen molar-refractivity contribution in [3.63, 3.8) is 0 Å². The summed E-state index contributed by atoms with van der Waals surface area (Å²) in [5.74, 6) is -0.478. The van der Waals surface area contributed by atoms with Gasteiger partial charge >= 0.3 is 11.9 Å². The summed E-state index contributed by atoms with van der Waals surface area (Å²) in [6.45, 7) is 0. The summed E-state index contributed by atoms with van der Waals surface area (Å²) in [5.41, 5.74) is 1.87. The molecule has 0 aliphatic carbocycles. The molecule has 2 rings (SSSR count). The largest absolute Gasteiger partial charge is 0.469 e. The first-order valence-electron chi connectivity index (χ1n) is 7.26. The number of ether oxygens (including phenoxy) is 2. The van der Waals surface area contributed by atoms with E-state index in [-0.39, 0.29) is 24.8 Å². The third-order valence-corrected chi connectivity index (χ3v) is 5.65. The van der Waals surface area contributed by atoms with Crippen LogP contribution in [0.1, 0.15) is 11.1 Å². The Balaban J connectivity index is 1.86. The molecule has 0 bridgehead atoms. The third-order valence-electron chi connectivity index (χ3n) is 3.23. The summed E-state index contributed by atoms with van der Waals surface area (Å²) in [5, 5.41) is 0. The summed E-state index contributed by atoms with van der Waals surface area (Å²) in [6.07, 6.45) is 0.576. The van der Waals surface area contributed by atoms with Crippen LogP contribution in [0.25, 0.3) is 0 Å². The Hall–Kier alpha value is -1.92. The maximum atomic E-state index is 11.2. The van der Waals surface area contributed by atoms with Crippen molar-refractivity contribution < 1.29 is 19.1 Å². The molecule has 126 valence electrons. The lowest BCUT2D eigenvalue weighted by molar-refractivity contribution is -0.140. The molecule has 0 saturated heterocycles. The molecule has 0 aliphatic heterocycles. The van der Waals surface area contributed by atoms with Crippen LogP contribution in [0.3, 0.4) is 0 Å². The van der Waals surface area contributed by atoms with Crippen LogP contribution in [0.4, 0.5) is 0 Å². The fourth-order valence-corrected chi connectivity index (χ4v) is 3.83. The summed E-state index contributed by atoms with van der Waals surface area (Å²) < 4.78 is 9.31. The predicted octanol–water partition coefficient (Wildman–Crippen LogP) is 3.92. The number of hydrogen-bond donors (Lipinski definition) is 0. The van der Waals surface area contributed by atoms with E-state index < -0.39 is 0 Å². The normalized spacial score (nSPS) is 10.2. The maximum Gasteiger partial charge on any atom is 0.309 e. The van der Waals surface area contributed by atoms with Gasteiger partial charge in [0.2, 0.25) is 0 Å². The lowest BCUT2D eigenvalue weighted by Gasteiger charge is -2.05. The van der Waals surface area contributed by atoms with Gasteiger partial charge in [0.05, 0.1) is 27.1 Å². The Labute approximate surface area is 149 Å². The van der Waals surface area contributed by atoms with Crippen LogP contribution in [-0.4, -0.2) is 26.2 Å². The second-order valence-electron chi connectivity index (χ2n) is 4.96. The zero-order valence-corrected chi connectivity index (χ0v) is 15.1. The van der Waals surface area contributed by atoms with Crippen LogP contribution >= 0.6 is 21.6 Å². The topological polar surface area (TPSA) is 52.6 Å². The molecule has 0 unspecified atom stereocenters. The molecule has 4 nitrogen and oxygen atoms in total. The molecule has 0 atom stereocenters. The molecule has 6 heteroatoms. The van der Waals surface area contributed by atoms with E-state index in [9.17, 15) is 9.59 Å². The Morgan fingerprint density at radius 2 is 1.04 bits per heavy atom. The second kappa shape index (κ2) is 9.39.